The molecule has 2 fully saturated rings. The highest BCUT2D eigenvalue weighted by Crippen LogP contribution is 2.33. The number of unbranched alkanes of at least 4 members (excludes halogenated alkanes) is 4. The van der Waals surface area contributed by atoms with Crippen LogP contribution in [0.15, 0.2) is 85.1 Å². The largest absolute Gasteiger partial charge is 0.483 e. The number of nitrogens with zero attached hydrogens (tertiary/aromatic N) is 3. The summed E-state index contributed by atoms with van der Waals surface area (Å²) in [4.78, 5) is 85.0. The first-order valence-electron chi connectivity index (χ1n) is 27.7. The van der Waals surface area contributed by atoms with E-state index in [4.69, 9.17) is 18.9 Å². The van der Waals surface area contributed by atoms with Crippen molar-refractivity contribution < 1.29 is 52.2 Å². The molecule has 2 aliphatic heterocycles. The van der Waals surface area contributed by atoms with Crippen LogP contribution in [0.5, 0.6) is 11.5 Å². The first kappa shape index (κ1) is 59.1. The number of ketones is 3. The number of carbonyl (C=O) groups excluding carboxylic acids is 6. The summed E-state index contributed by atoms with van der Waals surface area (Å²) in [6, 6.07) is 23.1. The number of aryl methyl sites for hydroxylation is 1. The predicted octanol–water partition coefficient (Wildman–Crippen LogP) is 8.44. The van der Waals surface area contributed by atoms with E-state index in [1.165, 1.54) is 0 Å². The number of hydrogen-bond donors (Lipinski definition) is 3. The number of morpholine rings is 1. The molecular formula is C60H83N6O10+. The van der Waals surface area contributed by atoms with Gasteiger partial charge in [-0.2, -0.15) is 15.4 Å². The number of nitrogens with one attached hydrogen (secondary N) is 3. The second kappa shape index (κ2) is 29.4. The molecule has 3 aromatic carbocycles. The van der Waals surface area contributed by atoms with E-state index in [1.807, 2.05) is 100 Å². The van der Waals surface area contributed by atoms with Gasteiger partial charge in [0.05, 0.1) is 38.1 Å². The quantitative estimate of drug-likeness (QED) is 0.0132. The number of quaternary nitrogens is 1. The van der Waals surface area contributed by atoms with Crippen molar-refractivity contribution in [2.45, 2.75) is 156 Å². The molecule has 4 aromatic rings. The summed E-state index contributed by atoms with van der Waals surface area (Å²) in [6.45, 7) is 14.8. The molecule has 16 nitrogen and oxygen atoms in total. The van der Waals surface area contributed by atoms with Gasteiger partial charge in [-0.05, 0) is 86.6 Å². The van der Waals surface area contributed by atoms with Crippen LogP contribution in [0.1, 0.15) is 135 Å². The van der Waals surface area contributed by atoms with Gasteiger partial charge in [-0.15, -0.1) is 0 Å². The molecule has 3 N–H and O–H groups in total. The minimum absolute atomic E-state index is 0.00716. The third kappa shape index (κ3) is 19.2. The summed E-state index contributed by atoms with van der Waals surface area (Å²) < 4.78 is 23.8. The van der Waals surface area contributed by atoms with Crippen LogP contribution in [0.2, 0.25) is 0 Å². The average molecular weight is 1050 g/mol. The van der Waals surface area contributed by atoms with E-state index in [9.17, 15) is 28.8 Å². The Morgan fingerprint density at radius 2 is 1.41 bits per heavy atom. The number of ether oxygens (including phenoxy) is 4. The second-order valence-electron chi connectivity index (χ2n) is 22.2. The summed E-state index contributed by atoms with van der Waals surface area (Å²) in [7, 11) is 0. The number of epoxide rings is 1. The third-order valence-corrected chi connectivity index (χ3v) is 14.5. The Balaban J connectivity index is 1.20. The van der Waals surface area contributed by atoms with Crippen LogP contribution in [0.3, 0.4) is 0 Å². The van der Waals surface area contributed by atoms with Gasteiger partial charge in [0.1, 0.15) is 44.1 Å². The topological polar surface area (TPSA) is 208 Å². The van der Waals surface area contributed by atoms with Gasteiger partial charge in [0, 0.05) is 36.7 Å². The molecule has 5 atom stereocenters. The molecule has 0 bridgehead atoms. The molecule has 1 aromatic heterocycles. The maximum absolute atomic E-state index is 14.8. The molecular weight excluding hydrogens is 965 g/mol. The van der Waals surface area contributed by atoms with Crippen LogP contribution in [-0.2, 0) is 64.2 Å². The average Bonchev–Trinajstić information content (AvgIpc) is 3.93. The monoisotopic (exact) mass is 1050 g/mol. The van der Waals surface area contributed by atoms with E-state index in [0.717, 1.165) is 48.8 Å². The zero-order valence-corrected chi connectivity index (χ0v) is 45.8. The number of H-pyrrole nitrogens is 1. The van der Waals surface area contributed by atoms with Gasteiger partial charge in [0.15, 0.2) is 28.8 Å². The molecule has 0 radical (unpaired) electrons. The van der Waals surface area contributed by atoms with Crippen molar-refractivity contribution in [3.05, 3.63) is 107 Å². The molecule has 0 spiro atoms. The Hall–Kier alpha value is -6.10. The van der Waals surface area contributed by atoms with E-state index < -0.39 is 35.4 Å². The van der Waals surface area contributed by atoms with Crippen LogP contribution in [0.4, 0.5) is 0 Å². The number of hydrogen-bond acceptors (Lipinski definition) is 12. The normalized spacial score (nSPS) is 17.5. The Morgan fingerprint density at radius 3 is 2.05 bits per heavy atom. The van der Waals surface area contributed by atoms with Crippen molar-refractivity contribution >= 4 is 35.1 Å². The van der Waals surface area contributed by atoms with Gasteiger partial charge in [-0.3, -0.25) is 28.8 Å². The standard InChI is InChI=1S/C60H82N6O10/c1-7-8-9-10-17-22-56(69)76-54-26-24-46(34-55(54)74-40-49-37-61-65-64-49)38-66(27-29-73-30-28-66)39-50(67)35-47(25-23-44-18-13-11-14-19-44)58(71)62-51(31-42(2)3)53(68)36-48(33-45-20-15-12-16-21-45)59(72)63-52(32-43(4)5)57(70)60(6)41-75-60/h11-16,18-21,24,26,34,37,42-43,47-48,51-52H,7-10,17,22-23,25,27-33,35-36,38-41H2,1-6H3,(H2-,61,62,63,64,65,71,72)/p+1/t47-,48-,51+,52+,60-/m1/s1. The van der Waals surface area contributed by atoms with Crippen LogP contribution < -0.4 is 20.1 Å². The molecule has 2 saturated heterocycles. The van der Waals surface area contributed by atoms with Gasteiger partial charge in [0.25, 0.3) is 0 Å². The van der Waals surface area contributed by atoms with Gasteiger partial charge in [-0.1, -0.05) is 121 Å². The SMILES string of the molecule is CCCCCCCC(=O)Oc1ccc(C[N+]2(CC(=O)C[C@@H](CCc3ccccc3)C(=O)N[C@@H](CC(C)C)C(=O)C[C@@H](Cc3ccccc3)C(=O)N[C@@H](CC(C)C)C(=O)[C@@]3(C)CO3)CCOCC2)cc1OCc1cn[nH]n1. The molecule has 16 heteroatoms. The first-order chi connectivity index (χ1) is 36.5. The van der Waals surface area contributed by atoms with Gasteiger partial charge in [0.2, 0.25) is 11.8 Å². The molecule has 2 amide bonds. The fourth-order valence-corrected chi connectivity index (χ4v) is 10.0. The number of carbonyl (C=O) groups is 6. The summed E-state index contributed by atoms with van der Waals surface area (Å²) in [6.07, 6.45) is 8.56. The molecule has 0 unspecified atom stereocenters. The molecule has 3 heterocycles. The summed E-state index contributed by atoms with van der Waals surface area (Å²) in [5.74, 6) is -2.49. The van der Waals surface area contributed by atoms with E-state index >= 15 is 0 Å². The van der Waals surface area contributed by atoms with E-state index in [2.05, 4.69) is 33.0 Å². The van der Waals surface area contributed by atoms with Gasteiger partial charge in [-0.25, -0.2) is 0 Å². The number of benzene rings is 3. The fraction of sp³-hybridized carbons (Fsp3) is 0.567. The molecule has 2 aliphatic rings. The maximum Gasteiger partial charge on any atom is 0.311 e. The number of esters is 1. The van der Waals surface area contributed by atoms with Crippen molar-refractivity contribution in [3.8, 4) is 11.5 Å². The second-order valence-corrected chi connectivity index (χ2v) is 22.2. The maximum atomic E-state index is 14.8. The summed E-state index contributed by atoms with van der Waals surface area (Å²) in [5.41, 5.74) is 2.38. The van der Waals surface area contributed by atoms with Gasteiger partial charge >= 0.3 is 5.97 Å². The lowest BCUT2D eigenvalue weighted by Gasteiger charge is -2.41. The molecule has 76 heavy (non-hydrogen) atoms. The smallest absolute Gasteiger partial charge is 0.311 e. The van der Waals surface area contributed by atoms with Crippen LogP contribution in [0.25, 0.3) is 0 Å². The van der Waals surface area contributed by atoms with E-state index in [1.54, 1.807) is 19.2 Å². The van der Waals surface area contributed by atoms with Crippen molar-refractivity contribution in [1.29, 1.82) is 0 Å². The number of rotatable bonds is 34. The summed E-state index contributed by atoms with van der Waals surface area (Å²) >= 11 is 0. The molecule has 0 saturated carbocycles. The lowest BCUT2D eigenvalue weighted by atomic mass is 9.87. The highest BCUT2D eigenvalue weighted by molar-refractivity contribution is 5.98. The van der Waals surface area contributed by atoms with Crippen molar-refractivity contribution in [3.63, 3.8) is 0 Å². The van der Waals surface area contributed by atoms with Crippen LogP contribution >= 0.6 is 0 Å². The Morgan fingerprint density at radius 1 is 0.763 bits per heavy atom. The number of Topliss-reactive ketones (excluding diaryl/α,β-unsaturated/α-hetero) is 3. The lowest BCUT2D eigenvalue weighted by molar-refractivity contribution is -0.940. The Kier molecular flexibility index (Phi) is 22.9. The van der Waals surface area contributed by atoms with E-state index in [-0.39, 0.29) is 73.5 Å². The van der Waals surface area contributed by atoms with Crippen molar-refractivity contribution in [2.75, 3.05) is 39.5 Å². The highest BCUT2D eigenvalue weighted by atomic mass is 16.6. The van der Waals surface area contributed by atoms with Crippen LogP contribution in [0, 0.1) is 23.7 Å². The minimum Gasteiger partial charge on any atom is -0.483 e. The lowest BCUT2D eigenvalue weighted by Crippen LogP contribution is -2.57. The van der Waals surface area contributed by atoms with Crippen molar-refractivity contribution in [1.82, 2.24) is 26.0 Å². The zero-order chi connectivity index (χ0) is 54.5. The van der Waals surface area contributed by atoms with Crippen LogP contribution in [-0.4, -0.2) is 112 Å². The number of aromatic nitrogens is 3. The molecule has 6 rings (SSSR count). The first-order valence-corrected chi connectivity index (χ1v) is 27.7. The highest BCUT2D eigenvalue weighted by Gasteiger charge is 2.50. The predicted molar refractivity (Wildman–Crippen MR) is 289 cm³/mol. The molecule has 0 aliphatic carbocycles. The number of aromatic amines is 1. The van der Waals surface area contributed by atoms with E-state index in [0.29, 0.717) is 93.2 Å². The zero-order valence-electron chi connectivity index (χ0n) is 45.8. The fourth-order valence-electron chi connectivity index (χ4n) is 10.0. The Labute approximate surface area is 449 Å². The Bertz CT molecular complexity index is 2470. The molecule has 412 valence electrons. The van der Waals surface area contributed by atoms with Gasteiger partial charge < -0.3 is 34.1 Å². The van der Waals surface area contributed by atoms with Crippen molar-refractivity contribution in [2.24, 2.45) is 23.7 Å². The summed E-state index contributed by atoms with van der Waals surface area (Å²) in [5, 5.41) is 16.7. The minimum atomic E-state index is -0.940. The third-order valence-electron chi connectivity index (χ3n) is 14.5. The number of amides is 2.